The standard InChI is InChI=1S/C42H64O13/c1-10-14-16-18-20-23-31(45)51-36-34-33(27(6)35(36)52-38(47)26(5)13-4)37-42(41(9,49)39(48)53-37,55-32(46)24-21-19-17-15-11-2)29(50-30(44)22-12-3)25-40(34,8)54-28(7)43/h13,29,34-37,49H,10-12,14-25H2,1-9H3/b26-13-/t29-,34+,35-,36-,37-,40-,41+,42+/m0/s1. The van der Waals surface area contributed by atoms with Crippen LogP contribution in [0.25, 0.3) is 0 Å². The molecule has 0 aromatic carbocycles. The van der Waals surface area contributed by atoms with Crippen LogP contribution in [0.15, 0.2) is 22.8 Å². The second kappa shape index (κ2) is 19.9. The van der Waals surface area contributed by atoms with Crippen LogP contribution in [0, 0.1) is 5.92 Å². The van der Waals surface area contributed by atoms with Crippen molar-refractivity contribution in [3.63, 3.8) is 0 Å². The number of carbonyl (C=O) groups is 6. The van der Waals surface area contributed by atoms with E-state index in [1.807, 2.05) is 0 Å². The minimum Gasteiger partial charge on any atom is -0.459 e. The van der Waals surface area contributed by atoms with E-state index in [2.05, 4.69) is 13.8 Å². The fraction of sp³-hybridized carbons (Fsp3) is 0.762. The quantitative estimate of drug-likeness (QED) is 0.0447. The number of esters is 6. The lowest BCUT2D eigenvalue weighted by molar-refractivity contribution is -0.229. The maximum atomic E-state index is 13.9. The molecule has 0 radical (unpaired) electrons. The molecule has 1 heterocycles. The molecule has 8 atom stereocenters. The van der Waals surface area contributed by atoms with Crippen LogP contribution in [-0.4, -0.2) is 82.1 Å². The molecule has 0 amide bonds. The lowest BCUT2D eigenvalue weighted by Crippen LogP contribution is -2.66. The molecular formula is C42H64O13. The van der Waals surface area contributed by atoms with Gasteiger partial charge in [-0.2, -0.15) is 0 Å². The van der Waals surface area contributed by atoms with Gasteiger partial charge < -0.3 is 33.5 Å². The summed E-state index contributed by atoms with van der Waals surface area (Å²) < 4.78 is 36.7. The van der Waals surface area contributed by atoms with E-state index in [1.54, 1.807) is 40.7 Å². The first-order valence-corrected chi connectivity index (χ1v) is 20.2. The number of rotatable bonds is 20. The van der Waals surface area contributed by atoms with Crippen LogP contribution in [0.2, 0.25) is 0 Å². The van der Waals surface area contributed by atoms with Gasteiger partial charge >= 0.3 is 35.8 Å². The van der Waals surface area contributed by atoms with E-state index in [0.29, 0.717) is 19.3 Å². The molecule has 1 saturated carbocycles. The van der Waals surface area contributed by atoms with Crippen molar-refractivity contribution in [3.8, 4) is 0 Å². The van der Waals surface area contributed by atoms with Crippen molar-refractivity contribution in [2.24, 2.45) is 5.92 Å². The van der Waals surface area contributed by atoms with E-state index in [4.69, 9.17) is 28.4 Å². The maximum Gasteiger partial charge on any atom is 0.343 e. The Morgan fingerprint density at radius 3 is 1.89 bits per heavy atom. The highest BCUT2D eigenvalue weighted by molar-refractivity contribution is 5.88. The summed E-state index contributed by atoms with van der Waals surface area (Å²) in [6, 6.07) is 0. The fourth-order valence-electron chi connectivity index (χ4n) is 8.21. The van der Waals surface area contributed by atoms with Gasteiger partial charge in [0.05, 0.1) is 5.92 Å². The van der Waals surface area contributed by atoms with Crippen molar-refractivity contribution in [1.82, 2.24) is 0 Å². The van der Waals surface area contributed by atoms with Gasteiger partial charge in [-0.3, -0.25) is 19.2 Å². The largest absolute Gasteiger partial charge is 0.459 e. The zero-order valence-electron chi connectivity index (χ0n) is 34.4. The first kappa shape index (κ1) is 45.6. The number of aliphatic hydroxyl groups is 1. The SMILES string of the molecule is C/C=C(/C)C(=O)O[C@H]1C(C)=C2[C@H]([C@@H]1OC(=O)CCCCCCC)[C@@](C)(OC(C)=O)C[C@H](OC(=O)CCC)[C@@]1(OC(=O)CCCCCCC)[C@H]2OC(=O)[C@@]1(C)O. The van der Waals surface area contributed by atoms with Crippen molar-refractivity contribution < 1.29 is 62.3 Å². The molecule has 310 valence electrons. The van der Waals surface area contributed by atoms with Gasteiger partial charge in [-0.05, 0) is 65.0 Å². The van der Waals surface area contributed by atoms with Crippen molar-refractivity contribution in [1.29, 1.82) is 0 Å². The minimum absolute atomic E-state index is 0.0458. The molecule has 3 rings (SSSR count). The van der Waals surface area contributed by atoms with Gasteiger partial charge in [-0.25, -0.2) is 9.59 Å². The molecule has 2 aliphatic carbocycles. The summed E-state index contributed by atoms with van der Waals surface area (Å²) in [5, 5.41) is 12.2. The molecule has 2 fully saturated rings. The van der Waals surface area contributed by atoms with Crippen LogP contribution >= 0.6 is 0 Å². The van der Waals surface area contributed by atoms with Gasteiger partial charge in [0, 0.05) is 38.2 Å². The lowest BCUT2D eigenvalue weighted by Gasteiger charge is -2.44. The molecule has 0 aromatic rings. The van der Waals surface area contributed by atoms with Gasteiger partial charge in [-0.15, -0.1) is 0 Å². The maximum absolute atomic E-state index is 13.9. The Labute approximate surface area is 326 Å². The van der Waals surface area contributed by atoms with Crippen LogP contribution < -0.4 is 0 Å². The van der Waals surface area contributed by atoms with Crippen molar-refractivity contribution >= 4 is 35.8 Å². The van der Waals surface area contributed by atoms with Crippen LogP contribution in [0.4, 0.5) is 0 Å². The average molecular weight is 777 g/mol. The Hall–Kier alpha value is -3.74. The third kappa shape index (κ3) is 10.2. The highest BCUT2D eigenvalue weighted by Gasteiger charge is 2.78. The van der Waals surface area contributed by atoms with Gasteiger partial charge in [0.15, 0.2) is 24.4 Å². The Bertz CT molecular complexity index is 1480. The number of unbranched alkanes of at least 4 members (excludes halogenated alkanes) is 8. The molecule has 0 unspecified atom stereocenters. The van der Waals surface area contributed by atoms with Crippen LogP contribution in [-0.2, 0) is 57.2 Å². The number of carbonyl (C=O) groups excluding carboxylic acids is 6. The smallest absolute Gasteiger partial charge is 0.343 e. The summed E-state index contributed by atoms with van der Waals surface area (Å²) in [6.45, 7) is 14.6. The van der Waals surface area contributed by atoms with Crippen molar-refractivity contribution in [2.75, 3.05) is 0 Å². The first-order chi connectivity index (χ1) is 25.9. The molecule has 55 heavy (non-hydrogen) atoms. The average Bonchev–Trinajstić information content (AvgIpc) is 3.45. The zero-order chi connectivity index (χ0) is 41.1. The Kier molecular flexibility index (Phi) is 16.5. The third-order valence-electron chi connectivity index (χ3n) is 11.2. The molecule has 13 heteroatoms. The summed E-state index contributed by atoms with van der Waals surface area (Å²) in [7, 11) is 0. The molecule has 1 aliphatic heterocycles. The Morgan fingerprint density at radius 1 is 0.782 bits per heavy atom. The van der Waals surface area contributed by atoms with Crippen molar-refractivity contribution in [3.05, 3.63) is 22.8 Å². The topological polar surface area (TPSA) is 178 Å². The molecule has 13 nitrogen and oxygen atoms in total. The molecule has 0 bridgehead atoms. The number of fused-ring (bicyclic) bond motifs is 3. The second-order valence-electron chi connectivity index (χ2n) is 15.7. The van der Waals surface area contributed by atoms with E-state index in [9.17, 15) is 33.9 Å². The summed E-state index contributed by atoms with van der Waals surface area (Å²) >= 11 is 0. The van der Waals surface area contributed by atoms with Gasteiger partial charge in [0.1, 0.15) is 5.60 Å². The number of allylic oxidation sites excluding steroid dienone is 1. The molecule has 0 spiro atoms. The summed E-state index contributed by atoms with van der Waals surface area (Å²) in [5.74, 6) is -5.84. The summed E-state index contributed by atoms with van der Waals surface area (Å²) in [5.41, 5.74) is -6.00. The fourth-order valence-corrected chi connectivity index (χ4v) is 8.21. The first-order valence-electron chi connectivity index (χ1n) is 20.2. The monoisotopic (exact) mass is 776 g/mol. The molecular weight excluding hydrogens is 712 g/mol. The van der Waals surface area contributed by atoms with E-state index in [0.717, 1.165) is 58.3 Å². The molecule has 0 aromatic heterocycles. The van der Waals surface area contributed by atoms with Crippen LogP contribution in [0.5, 0.6) is 0 Å². The predicted molar refractivity (Wildman–Crippen MR) is 201 cm³/mol. The number of hydrogen-bond acceptors (Lipinski definition) is 13. The third-order valence-corrected chi connectivity index (χ3v) is 11.2. The summed E-state index contributed by atoms with van der Waals surface area (Å²) in [4.78, 5) is 81.1. The summed E-state index contributed by atoms with van der Waals surface area (Å²) in [6.07, 6.45) is 4.09. The van der Waals surface area contributed by atoms with Crippen molar-refractivity contribution in [2.45, 2.75) is 200 Å². The molecule has 3 aliphatic rings. The molecule has 1 N–H and O–H groups in total. The highest BCUT2D eigenvalue weighted by Crippen LogP contribution is 2.59. The highest BCUT2D eigenvalue weighted by atomic mass is 16.7. The van der Waals surface area contributed by atoms with Gasteiger partial charge in [0.2, 0.25) is 11.2 Å². The Balaban J connectivity index is 2.31. The second-order valence-corrected chi connectivity index (χ2v) is 15.7. The molecule has 1 saturated heterocycles. The number of ether oxygens (including phenoxy) is 6. The van der Waals surface area contributed by atoms with E-state index >= 15 is 0 Å². The zero-order valence-corrected chi connectivity index (χ0v) is 34.4. The van der Waals surface area contributed by atoms with E-state index < -0.39 is 89.4 Å². The number of hydrogen-bond donors (Lipinski definition) is 1. The van der Waals surface area contributed by atoms with Gasteiger partial charge in [0.25, 0.3) is 0 Å². The van der Waals surface area contributed by atoms with Crippen LogP contribution in [0.3, 0.4) is 0 Å². The van der Waals surface area contributed by atoms with Gasteiger partial charge in [-0.1, -0.05) is 78.2 Å². The Morgan fingerprint density at radius 2 is 1.35 bits per heavy atom. The normalized spacial score (nSPS) is 30.1. The minimum atomic E-state index is -2.59. The van der Waals surface area contributed by atoms with E-state index in [1.165, 1.54) is 6.92 Å². The van der Waals surface area contributed by atoms with Crippen LogP contribution in [0.1, 0.15) is 159 Å². The van der Waals surface area contributed by atoms with E-state index in [-0.39, 0.29) is 36.0 Å². The predicted octanol–water partition coefficient (Wildman–Crippen LogP) is 6.84. The lowest BCUT2D eigenvalue weighted by atomic mass is 9.75.